The molecule has 0 spiro atoms. The second-order valence-corrected chi connectivity index (χ2v) is 4.99. The quantitative estimate of drug-likeness (QED) is 0.659. The highest BCUT2D eigenvalue weighted by Crippen LogP contribution is 2.34. The smallest absolute Gasteiger partial charge is 0.256 e. The molecule has 1 amide bonds. The highest BCUT2D eigenvalue weighted by Gasteiger charge is 2.35. The third-order valence-electron chi connectivity index (χ3n) is 2.96. The van der Waals surface area contributed by atoms with Crippen molar-refractivity contribution in [3.8, 4) is 0 Å². The van der Waals surface area contributed by atoms with Gasteiger partial charge in [-0.3, -0.25) is 4.79 Å². The van der Waals surface area contributed by atoms with Crippen LogP contribution < -0.4 is 5.73 Å². The van der Waals surface area contributed by atoms with Crippen molar-refractivity contribution in [3.63, 3.8) is 0 Å². The van der Waals surface area contributed by atoms with Crippen molar-refractivity contribution >= 4 is 27.5 Å². The number of fused-ring (bicyclic) bond motifs is 1. The molecule has 0 aliphatic carbocycles. The Hall–Kier alpha value is -1.07. The van der Waals surface area contributed by atoms with Crippen molar-refractivity contribution in [3.05, 3.63) is 27.7 Å². The van der Waals surface area contributed by atoms with Crippen molar-refractivity contribution in [2.45, 2.75) is 12.6 Å². The van der Waals surface area contributed by atoms with E-state index in [0.29, 0.717) is 24.3 Å². The normalized spacial score (nSPS) is 22.4. The van der Waals surface area contributed by atoms with Crippen LogP contribution in [0.1, 0.15) is 15.9 Å². The lowest BCUT2D eigenvalue weighted by molar-refractivity contribution is 0.0767. The number of epoxide rings is 1. The zero-order chi connectivity index (χ0) is 11.3. The number of rotatable bonds is 2. The number of halogens is 1. The molecule has 2 heterocycles. The minimum absolute atomic E-state index is 0.0179. The first-order valence-corrected chi connectivity index (χ1v) is 5.94. The molecule has 1 unspecified atom stereocenters. The monoisotopic (exact) mass is 282 g/mol. The van der Waals surface area contributed by atoms with E-state index in [-0.39, 0.29) is 12.0 Å². The summed E-state index contributed by atoms with van der Waals surface area (Å²) < 4.78 is 6.09. The fourth-order valence-electron chi connectivity index (χ4n) is 2.04. The van der Waals surface area contributed by atoms with Crippen LogP contribution in [0.3, 0.4) is 0 Å². The largest absolute Gasteiger partial charge is 0.398 e. The molecular formula is C11H11BrN2O2. The highest BCUT2D eigenvalue weighted by atomic mass is 79.9. The number of nitrogens with zero attached hydrogens (tertiary/aromatic N) is 1. The second-order valence-electron chi connectivity index (χ2n) is 4.13. The van der Waals surface area contributed by atoms with Crippen molar-refractivity contribution in [2.24, 2.45) is 0 Å². The second kappa shape index (κ2) is 3.46. The summed E-state index contributed by atoms with van der Waals surface area (Å²) in [5.41, 5.74) is 8.04. The molecule has 1 atom stereocenters. The number of amides is 1. The molecule has 84 valence electrons. The molecule has 0 bridgehead atoms. The molecule has 1 saturated heterocycles. The molecule has 1 aromatic rings. The summed E-state index contributed by atoms with van der Waals surface area (Å²) in [4.78, 5) is 13.9. The lowest BCUT2D eigenvalue weighted by Crippen LogP contribution is -2.28. The van der Waals surface area contributed by atoms with Crippen LogP contribution in [0.15, 0.2) is 16.6 Å². The summed E-state index contributed by atoms with van der Waals surface area (Å²) in [5, 5.41) is 0. The molecule has 16 heavy (non-hydrogen) atoms. The van der Waals surface area contributed by atoms with E-state index in [1.807, 2.05) is 6.07 Å². The predicted octanol–water partition coefficient (Wildman–Crippen LogP) is 1.39. The first-order chi connectivity index (χ1) is 7.66. The van der Waals surface area contributed by atoms with E-state index in [0.717, 1.165) is 16.6 Å². The van der Waals surface area contributed by atoms with Gasteiger partial charge in [-0.1, -0.05) is 15.9 Å². The maximum Gasteiger partial charge on any atom is 0.256 e. The van der Waals surface area contributed by atoms with Gasteiger partial charge in [-0.2, -0.15) is 0 Å². The van der Waals surface area contributed by atoms with Gasteiger partial charge >= 0.3 is 0 Å². The molecule has 5 heteroatoms. The highest BCUT2D eigenvalue weighted by molar-refractivity contribution is 9.10. The standard InChI is InChI=1S/C11H11BrN2O2/c12-8-1-2-9(13)10-7(8)4-14(11(10)15)3-6-5-16-6/h1-2,6H,3-5,13H2. The number of carbonyl (C=O) groups is 1. The maximum absolute atomic E-state index is 12.1. The van der Waals surface area contributed by atoms with Gasteiger partial charge in [-0.25, -0.2) is 0 Å². The van der Waals surface area contributed by atoms with Gasteiger partial charge in [0, 0.05) is 28.8 Å². The van der Waals surface area contributed by atoms with Crippen molar-refractivity contribution in [2.75, 3.05) is 18.9 Å². The number of hydrogen-bond donors (Lipinski definition) is 1. The summed E-state index contributed by atoms with van der Waals surface area (Å²) in [6.07, 6.45) is 0.221. The molecule has 2 aliphatic heterocycles. The Morgan fingerprint density at radius 3 is 2.94 bits per heavy atom. The maximum atomic E-state index is 12.1. The van der Waals surface area contributed by atoms with Crippen LogP contribution in [0.4, 0.5) is 5.69 Å². The van der Waals surface area contributed by atoms with Crippen LogP contribution in [-0.2, 0) is 11.3 Å². The molecule has 2 aliphatic rings. The molecule has 0 saturated carbocycles. The van der Waals surface area contributed by atoms with Gasteiger partial charge in [-0.15, -0.1) is 0 Å². The number of nitrogens with two attached hydrogens (primary N) is 1. The molecule has 2 N–H and O–H groups in total. The van der Waals surface area contributed by atoms with Crippen LogP contribution in [0, 0.1) is 0 Å². The van der Waals surface area contributed by atoms with Crippen molar-refractivity contribution < 1.29 is 9.53 Å². The van der Waals surface area contributed by atoms with Crippen LogP contribution in [-0.4, -0.2) is 30.1 Å². The number of anilines is 1. The summed E-state index contributed by atoms with van der Waals surface area (Å²) in [6, 6.07) is 3.65. The molecule has 0 aromatic heterocycles. The Kier molecular flexibility index (Phi) is 2.19. The molecule has 3 rings (SSSR count). The fourth-order valence-corrected chi connectivity index (χ4v) is 2.49. The van der Waals surface area contributed by atoms with E-state index in [4.69, 9.17) is 10.5 Å². The van der Waals surface area contributed by atoms with Crippen LogP contribution in [0.2, 0.25) is 0 Å². The molecule has 1 fully saturated rings. The fraction of sp³-hybridized carbons (Fsp3) is 0.364. The van der Waals surface area contributed by atoms with Gasteiger partial charge in [0.15, 0.2) is 0 Å². The van der Waals surface area contributed by atoms with E-state index in [1.54, 1.807) is 11.0 Å². The number of benzene rings is 1. The van der Waals surface area contributed by atoms with Crippen molar-refractivity contribution in [1.82, 2.24) is 4.90 Å². The lowest BCUT2D eigenvalue weighted by atomic mass is 10.1. The Morgan fingerprint density at radius 1 is 1.56 bits per heavy atom. The average Bonchev–Trinajstić information content (AvgIpc) is 2.99. The van der Waals surface area contributed by atoms with Gasteiger partial charge in [0.2, 0.25) is 0 Å². The molecular weight excluding hydrogens is 272 g/mol. The Bertz CT molecular complexity index is 471. The van der Waals surface area contributed by atoms with Gasteiger partial charge in [0.05, 0.1) is 18.3 Å². The van der Waals surface area contributed by atoms with Gasteiger partial charge < -0.3 is 15.4 Å². The Labute approximate surface area is 101 Å². The zero-order valence-electron chi connectivity index (χ0n) is 8.57. The number of carbonyl (C=O) groups excluding carboxylic acids is 1. The lowest BCUT2D eigenvalue weighted by Gasteiger charge is -2.13. The SMILES string of the molecule is Nc1ccc(Br)c2c1C(=O)N(CC1CO1)C2. The molecule has 1 aromatic carbocycles. The number of hydrogen-bond acceptors (Lipinski definition) is 3. The van der Waals surface area contributed by atoms with E-state index in [1.165, 1.54) is 0 Å². The minimum atomic E-state index is 0.0179. The van der Waals surface area contributed by atoms with Gasteiger partial charge in [-0.05, 0) is 12.1 Å². The molecule has 4 nitrogen and oxygen atoms in total. The van der Waals surface area contributed by atoms with E-state index in [2.05, 4.69) is 15.9 Å². The zero-order valence-corrected chi connectivity index (χ0v) is 10.2. The summed E-state index contributed by atoms with van der Waals surface area (Å²) >= 11 is 3.45. The Morgan fingerprint density at radius 2 is 2.31 bits per heavy atom. The third-order valence-corrected chi connectivity index (χ3v) is 3.71. The summed E-state index contributed by atoms with van der Waals surface area (Å²) in [5.74, 6) is 0.0179. The van der Waals surface area contributed by atoms with E-state index < -0.39 is 0 Å². The summed E-state index contributed by atoms with van der Waals surface area (Å²) in [7, 11) is 0. The first-order valence-electron chi connectivity index (χ1n) is 5.14. The number of ether oxygens (including phenoxy) is 1. The van der Waals surface area contributed by atoms with E-state index in [9.17, 15) is 4.79 Å². The van der Waals surface area contributed by atoms with Gasteiger partial charge in [0.1, 0.15) is 0 Å². The first kappa shape index (κ1) is 10.1. The van der Waals surface area contributed by atoms with E-state index >= 15 is 0 Å². The Balaban J connectivity index is 1.96. The molecule has 0 radical (unpaired) electrons. The number of nitrogen functional groups attached to an aromatic ring is 1. The predicted molar refractivity (Wildman–Crippen MR) is 63.0 cm³/mol. The average molecular weight is 283 g/mol. The van der Waals surface area contributed by atoms with Crippen LogP contribution in [0.5, 0.6) is 0 Å². The van der Waals surface area contributed by atoms with Crippen LogP contribution in [0.25, 0.3) is 0 Å². The van der Waals surface area contributed by atoms with Crippen molar-refractivity contribution in [1.29, 1.82) is 0 Å². The summed E-state index contributed by atoms with van der Waals surface area (Å²) in [6.45, 7) is 2.05. The topological polar surface area (TPSA) is 58.9 Å². The van der Waals surface area contributed by atoms with Crippen LogP contribution >= 0.6 is 15.9 Å². The third kappa shape index (κ3) is 1.51. The van der Waals surface area contributed by atoms with Gasteiger partial charge in [0.25, 0.3) is 5.91 Å². The minimum Gasteiger partial charge on any atom is -0.398 e.